The number of benzene rings is 2. The van der Waals surface area contributed by atoms with Gasteiger partial charge in [0.1, 0.15) is 11.4 Å². The van der Waals surface area contributed by atoms with Crippen LogP contribution in [-0.4, -0.2) is 36.7 Å². The molecule has 0 aliphatic carbocycles. The molecule has 2 aromatic carbocycles. The zero-order chi connectivity index (χ0) is 25.0. The molecule has 0 fully saturated rings. The van der Waals surface area contributed by atoms with Crippen molar-refractivity contribution in [3.63, 3.8) is 0 Å². The minimum atomic E-state index is -0.586. The predicted molar refractivity (Wildman–Crippen MR) is 132 cm³/mol. The molecule has 0 spiro atoms. The molecule has 3 N–H and O–H groups in total. The molecule has 8 nitrogen and oxygen atoms in total. The second kappa shape index (κ2) is 13.4. The molecule has 0 heterocycles. The van der Waals surface area contributed by atoms with E-state index >= 15 is 0 Å². The van der Waals surface area contributed by atoms with Crippen LogP contribution >= 0.6 is 11.6 Å². The van der Waals surface area contributed by atoms with Crippen molar-refractivity contribution in [2.24, 2.45) is 0 Å². The molecule has 0 aromatic heterocycles. The lowest BCUT2D eigenvalue weighted by atomic mass is 10.2. The first-order valence-electron chi connectivity index (χ1n) is 11.1. The molecule has 9 heteroatoms. The van der Waals surface area contributed by atoms with Crippen molar-refractivity contribution in [1.82, 2.24) is 10.6 Å². The number of hydrogen-bond donors (Lipinski definition) is 3. The summed E-state index contributed by atoms with van der Waals surface area (Å²) in [5.41, 5.74) is 0.903. The number of carbonyl (C=O) groups is 3. The number of rotatable bonds is 11. The molecular weight excluding hydrogens is 458 g/mol. The molecule has 2 rings (SSSR count). The first-order valence-corrected chi connectivity index (χ1v) is 11.5. The zero-order valence-corrected chi connectivity index (χ0v) is 20.5. The summed E-state index contributed by atoms with van der Waals surface area (Å²) in [6.07, 6.45) is 0.422. The Morgan fingerprint density at radius 2 is 1.71 bits per heavy atom. The van der Waals surface area contributed by atoms with Crippen molar-refractivity contribution in [2.75, 3.05) is 18.5 Å². The van der Waals surface area contributed by atoms with Crippen molar-refractivity contribution in [3.8, 4) is 5.75 Å². The molecule has 0 aliphatic heterocycles. The maximum Gasteiger partial charge on any atom is 0.407 e. The maximum atomic E-state index is 12.2. The summed E-state index contributed by atoms with van der Waals surface area (Å²) >= 11 is 6.04. The van der Waals surface area contributed by atoms with Crippen molar-refractivity contribution >= 4 is 35.2 Å². The van der Waals surface area contributed by atoms with E-state index < -0.39 is 11.7 Å². The number of halogens is 1. The van der Waals surface area contributed by atoms with Gasteiger partial charge >= 0.3 is 6.09 Å². The Kier molecular flexibility index (Phi) is 10.7. The number of alkyl carbamates (subject to hydrolysis) is 1. The molecule has 2 aromatic rings. The van der Waals surface area contributed by atoms with Crippen LogP contribution in [-0.2, 0) is 20.9 Å². The number of nitrogens with one attached hydrogen (secondary N) is 3. The normalized spacial score (nSPS) is 10.8. The topological polar surface area (TPSA) is 106 Å². The third-order valence-corrected chi connectivity index (χ3v) is 4.68. The second-order valence-corrected chi connectivity index (χ2v) is 8.99. The van der Waals surface area contributed by atoms with Crippen LogP contribution in [0.25, 0.3) is 0 Å². The average molecular weight is 490 g/mol. The van der Waals surface area contributed by atoms with Gasteiger partial charge < -0.3 is 25.4 Å². The van der Waals surface area contributed by atoms with Gasteiger partial charge in [-0.25, -0.2) is 4.79 Å². The number of anilines is 1. The van der Waals surface area contributed by atoms with Gasteiger partial charge in [-0.15, -0.1) is 0 Å². The average Bonchev–Trinajstić information content (AvgIpc) is 2.75. The number of para-hydroxylation sites is 1. The highest BCUT2D eigenvalue weighted by Crippen LogP contribution is 2.23. The third-order valence-electron chi connectivity index (χ3n) is 4.36. The summed E-state index contributed by atoms with van der Waals surface area (Å²) in [7, 11) is 0. The SMILES string of the molecule is CC(C)(C)OC(=O)NCCC(=O)NCc1cccc(NC(=O)CCCOc2ccccc2Cl)c1. The minimum absolute atomic E-state index is 0.128. The molecule has 0 saturated heterocycles. The van der Waals surface area contributed by atoms with E-state index in [0.717, 1.165) is 5.56 Å². The summed E-state index contributed by atoms with van der Waals surface area (Å²) in [5.74, 6) is 0.265. The van der Waals surface area contributed by atoms with Crippen LogP contribution in [0.5, 0.6) is 5.75 Å². The van der Waals surface area contributed by atoms with Gasteiger partial charge in [0.2, 0.25) is 11.8 Å². The quantitative estimate of drug-likeness (QED) is 0.398. The Balaban J connectivity index is 1.66. The van der Waals surface area contributed by atoms with E-state index in [0.29, 0.717) is 42.5 Å². The van der Waals surface area contributed by atoms with Crippen LogP contribution < -0.4 is 20.7 Å². The molecule has 0 atom stereocenters. The summed E-state index contributed by atoms with van der Waals surface area (Å²) in [6, 6.07) is 14.4. The van der Waals surface area contributed by atoms with Gasteiger partial charge in [0.15, 0.2) is 0 Å². The van der Waals surface area contributed by atoms with Crippen LogP contribution in [0.2, 0.25) is 5.02 Å². The summed E-state index contributed by atoms with van der Waals surface area (Å²) < 4.78 is 10.7. The van der Waals surface area contributed by atoms with Gasteiger partial charge in [-0.2, -0.15) is 0 Å². The number of carbonyl (C=O) groups excluding carboxylic acids is 3. The summed E-state index contributed by atoms with van der Waals surface area (Å²) in [6.45, 7) is 6.18. The lowest BCUT2D eigenvalue weighted by molar-refractivity contribution is -0.121. The Morgan fingerprint density at radius 1 is 0.941 bits per heavy atom. The van der Waals surface area contributed by atoms with Crippen molar-refractivity contribution in [1.29, 1.82) is 0 Å². The van der Waals surface area contributed by atoms with Crippen molar-refractivity contribution in [3.05, 3.63) is 59.1 Å². The molecule has 0 bridgehead atoms. The van der Waals surface area contributed by atoms with Crippen LogP contribution in [0.15, 0.2) is 48.5 Å². The Labute approximate surface area is 205 Å². The highest BCUT2D eigenvalue weighted by Gasteiger charge is 2.15. The summed E-state index contributed by atoms with van der Waals surface area (Å²) in [5, 5.41) is 8.73. The first kappa shape index (κ1) is 27.0. The first-order chi connectivity index (χ1) is 16.1. The zero-order valence-electron chi connectivity index (χ0n) is 19.8. The van der Waals surface area contributed by atoms with Crippen LogP contribution in [0.4, 0.5) is 10.5 Å². The number of ether oxygens (including phenoxy) is 2. The summed E-state index contributed by atoms with van der Waals surface area (Å²) in [4.78, 5) is 35.8. The lowest BCUT2D eigenvalue weighted by Gasteiger charge is -2.19. The van der Waals surface area contributed by atoms with E-state index in [1.165, 1.54) is 0 Å². The largest absolute Gasteiger partial charge is 0.492 e. The van der Waals surface area contributed by atoms with Crippen molar-refractivity contribution < 1.29 is 23.9 Å². The Bertz CT molecular complexity index is 975. The van der Waals surface area contributed by atoms with E-state index in [2.05, 4.69) is 16.0 Å². The second-order valence-electron chi connectivity index (χ2n) is 8.59. The fraction of sp³-hybridized carbons (Fsp3) is 0.400. The van der Waals surface area contributed by atoms with Gasteiger partial charge in [-0.1, -0.05) is 35.9 Å². The van der Waals surface area contributed by atoms with E-state index in [1.807, 2.05) is 24.3 Å². The number of hydrogen-bond acceptors (Lipinski definition) is 5. The smallest absolute Gasteiger partial charge is 0.407 e. The lowest BCUT2D eigenvalue weighted by Crippen LogP contribution is -2.35. The maximum absolute atomic E-state index is 12.2. The third kappa shape index (κ3) is 11.0. The monoisotopic (exact) mass is 489 g/mol. The van der Waals surface area contributed by atoms with E-state index in [9.17, 15) is 14.4 Å². The predicted octanol–water partition coefficient (Wildman–Crippen LogP) is 4.67. The standard InChI is InChI=1S/C25H32ClN3O5/c1-25(2,3)34-24(32)27-14-13-22(30)28-17-18-8-6-9-19(16-18)29-23(31)12-7-15-33-21-11-5-4-10-20(21)26/h4-6,8-11,16H,7,12-15,17H2,1-3H3,(H,27,32)(H,28,30)(H,29,31). The van der Waals surface area contributed by atoms with E-state index in [1.54, 1.807) is 45.0 Å². The molecule has 184 valence electrons. The highest BCUT2D eigenvalue weighted by atomic mass is 35.5. The van der Waals surface area contributed by atoms with E-state index in [-0.39, 0.29) is 24.8 Å². The van der Waals surface area contributed by atoms with Crippen LogP contribution in [0.1, 0.15) is 45.6 Å². The minimum Gasteiger partial charge on any atom is -0.492 e. The molecular formula is C25H32ClN3O5. The molecule has 0 unspecified atom stereocenters. The molecule has 34 heavy (non-hydrogen) atoms. The van der Waals surface area contributed by atoms with Crippen LogP contribution in [0, 0.1) is 0 Å². The van der Waals surface area contributed by atoms with Gasteiger partial charge in [-0.05, 0) is 57.0 Å². The Morgan fingerprint density at radius 3 is 2.44 bits per heavy atom. The fourth-order valence-electron chi connectivity index (χ4n) is 2.84. The highest BCUT2D eigenvalue weighted by molar-refractivity contribution is 6.32. The molecule has 0 aliphatic rings. The van der Waals surface area contributed by atoms with Gasteiger partial charge in [-0.3, -0.25) is 9.59 Å². The Hall–Kier alpha value is -3.26. The van der Waals surface area contributed by atoms with Crippen LogP contribution in [0.3, 0.4) is 0 Å². The van der Waals surface area contributed by atoms with E-state index in [4.69, 9.17) is 21.1 Å². The molecule has 3 amide bonds. The molecule has 0 radical (unpaired) electrons. The van der Waals surface area contributed by atoms with Gasteiger partial charge in [0, 0.05) is 31.6 Å². The molecule has 0 saturated carbocycles. The van der Waals surface area contributed by atoms with Crippen molar-refractivity contribution in [2.45, 2.75) is 52.2 Å². The van der Waals surface area contributed by atoms with Gasteiger partial charge in [0.05, 0.1) is 11.6 Å². The van der Waals surface area contributed by atoms with Gasteiger partial charge in [0.25, 0.3) is 0 Å². The fourth-order valence-corrected chi connectivity index (χ4v) is 3.03. The number of amides is 3.